The predicted octanol–water partition coefficient (Wildman–Crippen LogP) is 2.69. The largest absolute Gasteiger partial charge is 0.394 e. The number of aliphatic hydroxyl groups excluding tert-OH is 1. The van der Waals surface area contributed by atoms with Gasteiger partial charge in [-0.2, -0.15) is 0 Å². The van der Waals surface area contributed by atoms with Crippen LogP contribution in [0.4, 0.5) is 17.5 Å². The SMILES string of the molecule is CC(C)n1ccc2cc(Nc3cnccn3)nc(NC(C)(C)CO)c2c1=O. The standard InChI is InChI=1S/C19H24N6O2/c1-12(2)25-8-5-13-9-14(22-15-10-20-6-7-21-15)23-17(16(13)18(25)27)24-19(3,4)11-26/h5-10,12,26H,11H2,1-4H3,(H2,21,22,23,24). The molecule has 0 unspecified atom stereocenters. The van der Waals surface area contributed by atoms with Gasteiger partial charge in [-0.15, -0.1) is 0 Å². The van der Waals surface area contributed by atoms with Gasteiger partial charge in [-0.3, -0.25) is 9.78 Å². The molecule has 0 amide bonds. The lowest BCUT2D eigenvalue weighted by Crippen LogP contribution is -2.36. The van der Waals surface area contributed by atoms with Crippen molar-refractivity contribution in [2.24, 2.45) is 0 Å². The minimum absolute atomic E-state index is 0.0259. The van der Waals surface area contributed by atoms with Crippen LogP contribution in [-0.2, 0) is 0 Å². The normalized spacial score (nSPS) is 11.8. The van der Waals surface area contributed by atoms with Crippen LogP contribution in [0.25, 0.3) is 10.8 Å². The molecule has 0 saturated heterocycles. The molecule has 142 valence electrons. The Morgan fingerprint density at radius 2 is 2.04 bits per heavy atom. The van der Waals surface area contributed by atoms with Crippen LogP contribution < -0.4 is 16.2 Å². The molecule has 0 aliphatic heterocycles. The molecule has 3 heterocycles. The van der Waals surface area contributed by atoms with Crippen molar-refractivity contribution >= 4 is 28.2 Å². The number of aliphatic hydroxyl groups is 1. The van der Waals surface area contributed by atoms with Crippen LogP contribution in [0.2, 0.25) is 0 Å². The molecule has 3 N–H and O–H groups in total. The Kier molecular flexibility index (Phi) is 5.09. The van der Waals surface area contributed by atoms with Crippen molar-refractivity contribution in [2.45, 2.75) is 39.3 Å². The van der Waals surface area contributed by atoms with Crippen LogP contribution >= 0.6 is 0 Å². The highest BCUT2D eigenvalue weighted by atomic mass is 16.3. The van der Waals surface area contributed by atoms with Gasteiger partial charge in [0, 0.05) is 24.6 Å². The number of nitrogens with one attached hydrogen (secondary N) is 2. The van der Waals surface area contributed by atoms with Crippen molar-refractivity contribution in [3.05, 3.63) is 47.3 Å². The molecular weight excluding hydrogens is 344 g/mol. The van der Waals surface area contributed by atoms with E-state index < -0.39 is 5.54 Å². The summed E-state index contributed by atoms with van der Waals surface area (Å²) in [6, 6.07) is 3.71. The summed E-state index contributed by atoms with van der Waals surface area (Å²) in [7, 11) is 0. The van der Waals surface area contributed by atoms with E-state index in [1.165, 1.54) is 0 Å². The molecule has 0 atom stereocenters. The summed E-state index contributed by atoms with van der Waals surface area (Å²) in [4.78, 5) is 25.8. The molecule has 27 heavy (non-hydrogen) atoms. The molecular formula is C19H24N6O2. The Morgan fingerprint density at radius 3 is 2.67 bits per heavy atom. The maximum atomic E-state index is 13.0. The molecule has 0 aromatic carbocycles. The third-order valence-corrected chi connectivity index (χ3v) is 4.14. The van der Waals surface area contributed by atoms with Crippen molar-refractivity contribution in [1.29, 1.82) is 0 Å². The third kappa shape index (κ3) is 4.06. The summed E-state index contributed by atoms with van der Waals surface area (Å²) in [5.41, 5.74) is -0.770. The first kappa shape index (κ1) is 18.8. The number of aromatic nitrogens is 4. The van der Waals surface area contributed by atoms with E-state index in [1.54, 1.807) is 35.4 Å². The zero-order valence-electron chi connectivity index (χ0n) is 15.9. The number of hydrogen-bond donors (Lipinski definition) is 3. The van der Waals surface area contributed by atoms with E-state index in [2.05, 4.69) is 25.6 Å². The van der Waals surface area contributed by atoms with Gasteiger partial charge in [0.15, 0.2) is 0 Å². The maximum Gasteiger partial charge on any atom is 0.262 e. The van der Waals surface area contributed by atoms with Crippen LogP contribution in [-0.4, -0.2) is 36.8 Å². The number of nitrogens with zero attached hydrogens (tertiary/aromatic N) is 4. The van der Waals surface area contributed by atoms with Gasteiger partial charge < -0.3 is 20.3 Å². The highest BCUT2D eigenvalue weighted by Gasteiger charge is 2.21. The number of fused-ring (bicyclic) bond motifs is 1. The van der Waals surface area contributed by atoms with E-state index in [-0.39, 0.29) is 18.2 Å². The summed E-state index contributed by atoms with van der Waals surface area (Å²) < 4.78 is 1.66. The molecule has 8 heteroatoms. The van der Waals surface area contributed by atoms with Gasteiger partial charge >= 0.3 is 0 Å². The molecule has 0 saturated carbocycles. The first-order valence-corrected chi connectivity index (χ1v) is 8.79. The molecule has 0 fully saturated rings. The Bertz CT molecular complexity index is 998. The van der Waals surface area contributed by atoms with Gasteiger partial charge in [0.2, 0.25) is 0 Å². The fourth-order valence-corrected chi connectivity index (χ4v) is 2.69. The van der Waals surface area contributed by atoms with Crippen molar-refractivity contribution in [1.82, 2.24) is 19.5 Å². The molecule has 3 aromatic heterocycles. The first-order valence-electron chi connectivity index (χ1n) is 8.79. The summed E-state index contributed by atoms with van der Waals surface area (Å²) in [6.07, 6.45) is 6.54. The molecule has 0 radical (unpaired) electrons. The van der Waals surface area contributed by atoms with E-state index in [1.807, 2.05) is 33.8 Å². The van der Waals surface area contributed by atoms with Crippen molar-refractivity contribution in [2.75, 3.05) is 17.2 Å². The van der Waals surface area contributed by atoms with Gasteiger partial charge in [-0.25, -0.2) is 9.97 Å². The van der Waals surface area contributed by atoms with E-state index in [4.69, 9.17) is 0 Å². The average molecular weight is 368 g/mol. The van der Waals surface area contributed by atoms with Crippen molar-refractivity contribution < 1.29 is 5.11 Å². The fourth-order valence-electron chi connectivity index (χ4n) is 2.69. The van der Waals surface area contributed by atoms with Gasteiger partial charge in [-0.05, 0) is 45.2 Å². The Hall–Kier alpha value is -3.00. The van der Waals surface area contributed by atoms with Crippen LogP contribution in [0.1, 0.15) is 33.7 Å². The van der Waals surface area contributed by atoms with E-state index >= 15 is 0 Å². The summed E-state index contributed by atoms with van der Waals surface area (Å²) >= 11 is 0. The second-order valence-electron chi connectivity index (χ2n) is 7.32. The fraction of sp³-hybridized carbons (Fsp3) is 0.368. The molecule has 8 nitrogen and oxygen atoms in total. The average Bonchev–Trinajstić information content (AvgIpc) is 2.62. The van der Waals surface area contributed by atoms with Crippen LogP contribution in [0, 0.1) is 0 Å². The summed E-state index contributed by atoms with van der Waals surface area (Å²) in [6.45, 7) is 7.48. The van der Waals surface area contributed by atoms with Gasteiger partial charge in [0.1, 0.15) is 17.5 Å². The number of rotatable bonds is 6. The third-order valence-electron chi connectivity index (χ3n) is 4.14. The van der Waals surface area contributed by atoms with E-state index in [9.17, 15) is 9.90 Å². The zero-order chi connectivity index (χ0) is 19.6. The van der Waals surface area contributed by atoms with Gasteiger partial charge in [0.05, 0.1) is 23.7 Å². The van der Waals surface area contributed by atoms with Gasteiger partial charge in [0.25, 0.3) is 5.56 Å². The number of hydrogen-bond acceptors (Lipinski definition) is 7. The van der Waals surface area contributed by atoms with E-state index in [0.29, 0.717) is 22.8 Å². The number of anilines is 3. The number of pyridine rings is 2. The lowest BCUT2D eigenvalue weighted by atomic mass is 10.1. The first-order chi connectivity index (χ1) is 12.8. The molecule has 3 aromatic rings. The second-order valence-corrected chi connectivity index (χ2v) is 7.32. The molecule has 3 rings (SSSR count). The molecule has 0 spiro atoms. The lowest BCUT2D eigenvalue weighted by Gasteiger charge is -2.25. The van der Waals surface area contributed by atoms with Crippen molar-refractivity contribution in [3.63, 3.8) is 0 Å². The smallest absolute Gasteiger partial charge is 0.262 e. The monoisotopic (exact) mass is 368 g/mol. The second kappa shape index (κ2) is 7.32. The van der Waals surface area contributed by atoms with Crippen LogP contribution in [0.3, 0.4) is 0 Å². The Morgan fingerprint density at radius 1 is 1.26 bits per heavy atom. The van der Waals surface area contributed by atoms with Crippen molar-refractivity contribution in [3.8, 4) is 0 Å². The summed E-state index contributed by atoms with van der Waals surface area (Å²) in [5.74, 6) is 1.49. The van der Waals surface area contributed by atoms with E-state index in [0.717, 1.165) is 5.39 Å². The lowest BCUT2D eigenvalue weighted by molar-refractivity contribution is 0.234. The predicted molar refractivity (Wildman–Crippen MR) is 106 cm³/mol. The minimum atomic E-state index is -0.643. The molecule has 0 bridgehead atoms. The Labute approximate surface area is 157 Å². The summed E-state index contributed by atoms with van der Waals surface area (Å²) in [5, 5.41) is 17.2. The van der Waals surface area contributed by atoms with Gasteiger partial charge in [-0.1, -0.05) is 0 Å². The zero-order valence-corrected chi connectivity index (χ0v) is 15.9. The minimum Gasteiger partial charge on any atom is -0.394 e. The highest BCUT2D eigenvalue weighted by molar-refractivity contribution is 5.93. The topological polar surface area (TPSA) is 105 Å². The molecule has 0 aliphatic carbocycles. The Balaban J connectivity index is 2.18. The molecule has 0 aliphatic rings. The quantitative estimate of drug-likeness (QED) is 0.614. The highest BCUT2D eigenvalue weighted by Crippen LogP contribution is 2.26. The van der Waals surface area contributed by atoms with Crippen LogP contribution in [0.5, 0.6) is 0 Å². The maximum absolute atomic E-state index is 13.0. The van der Waals surface area contributed by atoms with Crippen LogP contribution in [0.15, 0.2) is 41.7 Å².